The Morgan fingerprint density at radius 3 is 2.58 bits per heavy atom. The number of halogens is 2. The van der Waals surface area contributed by atoms with Gasteiger partial charge in [-0.1, -0.05) is 41.4 Å². The normalized spacial score (nSPS) is 10.3. The van der Waals surface area contributed by atoms with Crippen LogP contribution in [0, 0.1) is 0 Å². The number of anilines is 1. The van der Waals surface area contributed by atoms with E-state index in [9.17, 15) is 0 Å². The molecule has 0 saturated carbocycles. The van der Waals surface area contributed by atoms with Gasteiger partial charge >= 0.3 is 0 Å². The maximum Gasteiger partial charge on any atom is 0.124 e. The largest absolute Gasteiger partial charge is 0.494 e. The molecule has 19 heavy (non-hydrogen) atoms. The quantitative estimate of drug-likeness (QED) is 0.838. The van der Waals surface area contributed by atoms with Crippen LogP contribution in [0.15, 0.2) is 42.5 Å². The van der Waals surface area contributed by atoms with E-state index in [1.807, 2.05) is 43.3 Å². The zero-order valence-corrected chi connectivity index (χ0v) is 12.1. The first-order valence-electron chi connectivity index (χ1n) is 6.10. The van der Waals surface area contributed by atoms with Gasteiger partial charge in [0, 0.05) is 17.8 Å². The smallest absolute Gasteiger partial charge is 0.124 e. The summed E-state index contributed by atoms with van der Waals surface area (Å²) in [6.45, 7) is 3.31. The van der Waals surface area contributed by atoms with Crippen molar-refractivity contribution in [1.29, 1.82) is 0 Å². The van der Waals surface area contributed by atoms with Crippen molar-refractivity contribution in [2.24, 2.45) is 0 Å². The fourth-order valence-corrected chi connectivity index (χ4v) is 2.05. The number of para-hydroxylation sites is 1. The molecule has 2 nitrogen and oxygen atoms in total. The van der Waals surface area contributed by atoms with Crippen LogP contribution in [-0.2, 0) is 6.54 Å². The second-order valence-electron chi connectivity index (χ2n) is 4.02. The molecule has 2 aromatic carbocycles. The van der Waals surface area contributed by atoms with Crippen molar-refractivity contribution in [1.82, 2.24) is 0 Å². The number of hydrogen-bond donors (Lipinski definition) is 1. The van der Waals surface area contributed by atoms with Gasteiger partial charge in [0.15, 0.2) is 0 Å². The number of rotatable bonds is 5. The molecule has 0 aliphatic carbocycles. The van der Waals surface area contributed by atoms with E-state index in [4.69, 9.17) is 27.9 Å². The Morgan fingerprint density at radius 2 is 1.84 bits per heavy atom. The van der Waals surface area contributed by atoms with Gasteiger partial charge in [0.25, 0.3) is 0 Å². The van der Waals surface area contributed by atoms with Gasteiger partial charge in [0.2, 0.25) is 0 Å². The Labute approximate surface area is 123 Å². The predicted molar refractivity (Wildman–Crippen MR) is 81.4 cm³/mol. The molecular formula is C15H15Cl2NO. The van der Waals surface area contributed by atoms with Gasteiger partial charge in [-0.05, 0) is 31.2 Å². The molecule has 0 spiro atoms. The van der Waals surface area contributed by atoms with Gasteiger partial charge in [0.05, 0.1) is 16.7 Å². The van der Waals surface area contributed by atoms with Crippen LogP contribution < -0.4 is 10.1 Å². The minimum Gasteiger partial charge on any atom is -0.494 e. The molecule has 0 amide bonds. The predicted octanol–water partition coefficient (Wildman–Crippen LogP) is 5.00. The van der Waals surface area contributed by atoms with Crippen LogP contribution in [0.5, 0.6) is 5.75 Å². The van der Waals surface area contributed by atoms with E-state index in [0.717, 1.165) is 17.0 Å². The van der Waals surface area contributed by atoms with Gasteiger partial charge < -0.3 is 10.1 Å². The molecular weight excluding hydrogens is 281 g/mol. The molecule has 0 bridgehead atoms. The van der Waals surface area contributed by atoms with Crippen molar-refractivity contribution < 1.29 is 4.74 Å². The van der Waals surface area contributed by atoms with Crippen molar-refractivity contribution >= 4 is 28.9 Å². The average molecular weight is 296 g/mol. The summed E-state index contributed by atoms with van der Waals surface area (Å²) < 4.78 is 5.58. The summed E-state index contributed by atoms with van der Waals surface area (Å²) in [5, 5.41) is 4.41. The number of benzene rings is 2. The number of ether oxygens (including phenoxy) is 1. The molecule has 2 aromatic rings. The molecule has 0 aromatic heterocycles. The number of nitrogens with one attached hydrogen (secondary N) is 1. The van der Waals surface area contributed by atoms with Crippen LogP contribution in [0.3, 0.4) is 0 Å². The highest BCUT2D eigenvalue weighted by molar-refractivity contribution is 6.42. The molecule has 0 atom stereocenters. The second-order valence-corrected chi connectivity index (χ2v) is 4.84. The lowest BCUT2D eigenvalue weighted by Crippen LogP contribution is -2.03. The van der Waals surface area contributed by atoms with E-state index in [2.05, 4.69) is 5.32 Å². The Hall–Kier alpha value is -1.38. The summed E-state index contributed by atoms with van der Waals surface area (Å²) in [6.07, 6.45) is 0. The zero-order chi connectivity index (χ0) is 13.7. The summed E-state index contributed by atoms with van der Waals surface area (Å²) in [5.41, 5.74) is 2.04. The van der Waals surface area contributed by atoms with E-state index < -0.39 is 0 Å². The van der Waals surface area contributed by atoms with Crippen molar-refractivity contribution in [2.75, 3.05) is 11.9 Å². The fraction of sp³-hybridized carbons (Fsp3) is 0.200. The Balaban J connectivity index is 2.07. The van der Waals surface area contributed by atoms with E-state index in [1.165, 1.54) is 0 Å². The van der Waals surface area contributed by atoms with E-state index >= 15 is 0 Å². The van der Waals surface area contributed by atoms with E-state index in [0.29, 0.717) is 23.2 Å². The van der Waals surface area contributed by atoms with Gasteiger partial charge in [0.1, 0.15) is 5.75 Å². The second kappa shape index (κ2) is 6.69. The molecule has 0 heterocycles. The van der Waals surface area contributed by atoms with Gasteiger partial charge in [-0.15, -0.1) is 0 Å². The summed E-state index contributed by atoms with van der Waals surface area (Å²) >= 11 is 11.9. The van der Waals surface area contributed by atoms with Crippen LogP contribution in [0.2, 0.25) is 10.0 Å². The van der Waals surface area contributed by atoms with Crippen molar-refractivity contribution in [3.05, 3.63) is 58.1 Å². The van der Waals surface area contributed by atoms with Gasteiger partial charge in [-0.3, -0.25) is 0 Å². The third-order valence-corrected chi connectivity index (χ3v) is 3.41. The minimum absolute atomic E-state index is 0.546. The molecule has 100 valence electrons. The maximum atomic E-state index is 5.98. The van der Waals surface area contributed by atoms with Crippen LogP contribution in [-0.4, -0.2) is 6.61 Å². The highest BCUT2D eigenvalue weighted by Gasteiger charge is 2.03. The molecule has 1 N–H and O–H groups in total. The summed E-state index contributed by atoms with van der Waals surface area (Å²) in [5.74, 6) is 0.901. The summed E-state index contributed by atoms with van der Waals surface area (Å²) in [7, 11) is 0. The first-order chi connectivity index (χ1) is 9.20. The highest BCUT2D eigenvalue weighted by atomic mass is 35.5. The van der Waals surface area contributed by atoms with Crippen molar-refractivity contribution in [3.8, 4) is 5.75 Å². The molecule has 0 fully saturated rings. The maximum absolute atomic E-state index is 5.98. The standard InChI is InChI=1S/C15H15Cl2NO/c1-2-19-15-6-4-3-5-11(15)10-18-12-7-8-13(16)14(17)9-12/h3-9,18H,2,10H2,1H3. The summed E-state index contributed by atoms with van der Waals surface area (Å²) in [4.78, 5) is 0. The lowest BCUT2D eigenvalue weighted by molar-refractivity contribution is 0.337. The zero-order valence-electron chi connectivity index (χ0n) is 10.6. The van der Waals surface area contributed by atoms with Crippen LogP contribution in [0.4, 0.5) is 5.69 Å². The van der Waals surface area contributed by atoms with Crippen LogP contribution in [0.25, 0.3) is 0 Å². The number of hydrogen-bond acceptors (Lipinski definition) is 2. The topological polar surface area (TPSA) is 21.3 Å². The minimum atomic E-state index is 0.546. The Bertz CT molecular complexity index is 558. The van der Waals surface area contributed by atoms with E-state index in [1.54, 1.807) is 6.07 Å². The Kier molecular flexibility index (Phi) is 4.94. The molecule has 0 unspecified atom stereocenters. The van der Waals surface area contributed by atoms with E-state index in [-0.39, 0.29) is 0 Å². The summed E-state index contributed by atoms with van der Waals surface area (Å²) in [6, 6.07) is 13.5. The lowest BCUT2D eigenvalue weighted by Gasteiger charge is -2.12. The fourth-order valence-electron chi connectivity index (χ4n) is 1.75. The third-order valence-electron chi connectivity index (χ3n) is 2.68. The van der Waals surface area contributed by atoms with Crippen LogP contribution in [0.1, 0.15) is 12.5 Å². The van der Waals surface area contributed by atoms with Gasteiger partial charge in [-0.25, -0.2) is 0 Å². The monoisotopic (exact) mass is 295 g/mol. The highest BCUT2D eigenvalue weighted by Crippen LogP contribution is 2.26. The molecule has 0 aliphatic rings. The van der Waals surface area contributed by atoms with Gasteiger partial charge in [-0.2, -0.15) is 0 Å². The molecule has 2 rings (SSSR count). The SMILES string of the molecule is CCOc1ccccc1CNc1ccc(Cl)c(Cl)c1. The van der Waals surface area contributed by atoms with Crippen LogP contribution >= 0.6 is 23.2 Å². The average Bonchev–Trinajstić information content (AvgIpc) is 2.42. The lowest BCUT2D eigenvalue weighted by atomic mass is 10.2. The van der Waals surface area contributed by atoms with Crippen molar-refractivity contribution in [2.45, 2.75) is 13.5 Å². The first kappa shape index (κ1) is 14.0. The Morgan fingerprint density at radius 1 is 1.05 bits per heavy atom. The molecule has 0 aliphatic heterocycles. The third kappa shape index (κ3) is 3.79. The molecule has 0 saturated heterocycles. The first-order valence-corrected chi connectivity index (χ1v) is 6.86. The molecule has 0 radical (unpaired) electrons. The van der Waals surface area contributed by atoms with Crippen molar-refractivity contribution in [3.63, 3.8) is 0 Å². The molecule has 4 heteroatoms.